The highest BCUT2D eigenvalue weighted by atomic mass is 16.5. The lowest BCUT2D eigenvalue weighted by Crippen LogP contribution is -2.36. The summed E-state index contributed by atoms with van der Waals surface area (Å²) >= 11 is 0. The first kappa shape index (κ1) is 14.0. The molecule has 1 atom stereocenters. The number of esters is 1. The van der Waals surface area contributed by atoms with Gasteiger partial charge in [0.05, 0.1) is 19.1 Å². The van der Waals surface area contributed by atoms with Gasteiger partial charge in [-0.2, -0.15) is 0 Å². The van der Waals surface area contributed by atoms with Crippen molar-refractivity contribution in [2.24, 2.45) is 5.92 Å². The van der Waals surface area contributed by atoms with Crippen LogP contribution in [0.15, 0.2) is 0 Å². The fraction of sp³-hybridized carbons (Fsp3) is 0.833. The van der Waals surface area contributed by atoms with Gasteiger partial charge in [-0.15, -0.1) is 0 Å². The predicted molar refractivity (Wildman–Crippen MR) is 62.4 cm³/mol. The van der Waals surface area contributed by atoms with E-state index in [1.165, 1.54) is 7.11 Å². The Morgan fingerprint density at radius 3 is 2.29 bits per heavy atom. The topological polar surface area (TPSA) is 64.6 Å². The van der Waals surface area contributed by atoms with Gasteiger partial charge in [0.25, 0.3) is 0 Å². The Morgan fingerprint density at radius 2 is 1.82 bits per heavy atom. The minimum absolute atomic E-state index is 0.00448. The van der Waals surface area contributed by atoms with Crippen molar-refractivity contribution in [1.29, 1.82) is 0 Å². The molecule has 0 spiro atoms. The summed E-state index contributed by atoms with van der Waals surface area (Å²) in [6, 6.07) is 0. The molecule has 0 bridgehead atoms. The van der Waals surface area contributed by atoms with Gasteiger partial charge < -0.3 is 14.8 Å². The first-order valence-corrected chi connectivity index (χ1v) is 6.03. The minimum Gasteiger partial charge on any atom is -0.469 e. The molecule has 1 aliphatic carbocycles. The van der Waals surface area contributed by atoms with Crippen LogP contribution in [0.25, 0.3) is 0 Å². The number of hydrogen-bond acceptors (Lipinski definition) is 4. The van der Waals surface area contributed by atoms with Gasteiger partial charge in [0.2, 0.25) is 5.91 Å². The number of carbonyl (C=O) groups is 2. The molecule has 1 rings (SSSR count). The molecule has 0 radical (unpaired) electrons. The maximum atomic E-state index is 11.3. The third kappa shape index (κ3) is 4.00. The van der Waals surface area contributed by atoms with E-state index in [0.717, 1.165) is 25.7 Å². The lowest BCUT2D eigenvalue weighted by Gasteiger charge is -2.28. The molecule has 1 fully saturated rings. The van der Waals surface area contributed by atoms with Gasteiger partial charge in [-0.1, -0.05) is 0 Å². The average molecular weight is 243 g/mol. The molecule has 0 heterocycles. The highest BCUT2D eigenvalue weighted by molar-refractivity contribution is 5.80. The van der Waals surface area contributed by atoms with Gasteiger partial charge in [-0.25, -0.2) is 0 Å². The third-order valence-corrected chi connectivity index (χ3v) is 3.22. The van der Waals surface area contributed by atoms with Crippen LogP contribution in [0, 0.1) is 5.92 Å². The molecule has 5 heteroatoms. The molecule has 1 aliphatic rings. The Balaban J connectivity index is 2.32. The summed E-state index contributed by atoms with van der Waals surface area (Å²) < 4.78 is 10.4. The molecule has 1 unspecified atom stereocenters. The van der Waals surface area contributed by atoms with Crippen LogP contribution < -0.4 is 5.32 Å². The molecule has 0 aliphatic heterocycles. The lowest BCUT2D eigenvalue weighted by atomic mass is 9.87. The van der Waals surface area contributed by atoms with E-state index in [9.17, 15) is 9.59 Å². The Kier molecular flexibility index (Phi) is 5.41. The van der Waals surface area contributed by atoms with E-state index in [0.29, 0.717) is 0 Å². The van der Waals surface area contributed by atoms with E-state index in [-0.39, 0.29) is 23.9 Å². The molecular formula is C12H21NO4. The van der Waals surface area contributed by atoms with E-state index >= 15 is 0 Å². The number of rotatable bonds is 4. The highest BCUT2D eigenvalue weighted by Gasteiger charge is 2.29. The molecule has 0 aromatic carbocycles. The largest absolute Gasteiger partial charge is 0.469 e. The number of amides is 1. The summed E-state index contributed by atoms with van der Waals surface area (Å²) in [5.41, 5.74) is 0. The Hall–Kier alpha value is -1.10. The van der Waals surface area contributed by atoms with Crippen LogP contribution >= 0.6 is 0 Å². The average Bonchev–Trinajstić information content (AvgIpc) is 2.37. The molecule has 0 saturated heterocycles. The van der Waals surface area contributed by atoms with Crippen LogP contribution in [0.1, 0.15) is 32.6 Å². The number of hydrogen-bond donors (Lipinski definition) is 1. The summed E-state index contributed by atoms with van der Waals surface area (Å²) in [5.74, 6) is -0.252. The van der Waals surface area contributed by atoms with E-state index in [1.54, 1.807) is 14.0 Å². The Bertz CT molecular complexity index is 272. The number of nitrogens with one attached hydrogen (secondary N) is 1. The van der Waals surface area contributed by atoms with Crippen LogP contribution in [0.4, 0.5) is 0 Å². The first-order valence-electron chi connectivity index (χ1n) is 6.03. The van der Waals surface area contributed by atoms with E-state index in [2.05, 4.69) is 5.32 Å². The molecule has 98 valence electrons. The van der Waals surface area contributed by atoms with Gasteiger partial charge in [0.1, 0.15) is 6.10 Å². The molecule has 0 aromatic heterocycles. The van der Waals surface area contributed by atoms with Crippen molar-refractivity contribution in [2.75, 3.05) is 14.2 Å². The number of ether oxygens (including phenoxy) is 2. The quantitative estimate of drug-likeness (QED) is 0.744. The summed E-state index contributed by atoms with van der Waals surface area (Å²) in [5, 5.41) is 2.55. The normalized spacial score (nSPS) is 26.1. The van der Waals surface area contributed by atoms with Gasteiger partial charge >= 0.3 is 5.97 Å². The van der Waals surface area contributed by atoms with E-state index in [1.807, 2.05) is 0 Å². The lowest BCUT2D eigenvalue weighted by molar-refractivity contribution is -0.149. The van der Waals surface area contributed by atoms with Crippen molar-refractivity contribution in [2.45, 2.75) is 44.8 Å². The molecule has 1 N–H and O–H groups in total. The highest BCUT2D eigenvalue weighted by Crippen LogP contribution is 2.27. The standard InChI is InChI=1S/C12H21NO4/c1-8(11(14)13-2)17-10-6-4-9(5-7-10)12(15)16-3/h8-10H,4-7H2,1-3H3,(H,13,14). The molecule has 17 heavy (non-hydrogen) atoms. The maximum absolute atomic E-state index is 11.3. The number of carbonyl (C=O) groups excluding carboxylic acids is 2. The summed E-state index contributed by atoms with van der Waals surface area (Å²) in [4.78, 5) is 22.6. The van der Waals surface area contributed by atoms with Crippen LogP contribution in [-0.4, -0.2) is 38.2 Å². The van der Waals surface area contributed by atoms with Gasteiger partial charge in [0, 0.05) is 7.05 Å². The Morgan fingerprint density at radius 1 is 1.24 bits per heavy atom. The van der Waals surface area contributed by atoms with Crippen LogP contribution in [-0.2, 0) is 19.1 Å². The smallest absolute Gasteiger partial charge is 0.308 e. The number of likely N-dealkylation sites (N-methyl/N-ethyl adjacent to an activating group) is 1. The summed E-state index contributed by atoms with van der Waals surface area (Å²) in [6.07, 6.45) is 2.81. The summed E-state index contributed by atoms with van der Waals surface area (Å²) in [6.45, 7) is 1.74. The van der Waals surface area contributed by atoms with Gasteiger partial charge in [-0.3, -0.25) is 9.59 Å². The van der Waals surface area contributed by atoms with Crippen molar-refractivity contribution in [1.82, 2.24) is 5.32 Å². The fourth-order valence-electron chi connectivity index (χ4n) is 2.16. The summed E-state index contributed by atoms with van der Waals surface area (Å²) in [7, 11) is 3.01. The van der Waals surface area contributed by atoms with Crippen molar-refractivity contribution < 1.29 is 19.1 Å². The second kappa shape index (κ2) is 6.59. The number of methoxy groups -OCH3 is 1. The molecule has 1 amide bonds. The second-order valence-electron chi connectivity index (χ2n) is 4.39. The second-order valence-corrected chi connectivity index (χ2v) is 4.39. The maximum Gasteiger partial charge on any atom is 0.308 e. The predicted octanol–water partition coefficient (Wildman–Crippen LogP) is 0.869. The van der Waals surface area contributed by atoms with Crippen molar-refractivity contribution in [3.8, 4) is 0 Å². The minimum atomic E-state index is -0.431. The van der Waals surface area contributed by atoms with Crippen LogP contribution in [0.2, 0.25) is 0 Å². The van der Waals surface area contributed by atoms with Crippen LogP contribution in [0.5, 0.6) is 0 Å². The molecule has 0 aromatic rings. The van der Waals surface area contributed by atoms with Crippen LogP contribution in [0.3, 0.4) is 0 Å². The molecule has 1 saturated carbocycles. The zero-order valence-electron chi connectivity index (χ0n) is 10.7. The first-order chi connectivity index (χ1) is 8.08. The monoisotopic (exact) mass is 243 g/mol. The van der Waals surface area contributed by atoms with E-state index < -0.39 is 6.10 Å². The fourth-order valence-corrected chi connectivity index (χ4v) is 2.16. The third-order valence-electron chi connectivity index (χ3n) is 3.22. The zero-order valence-corrected chi connectivity index (χ0v) is 10.7. The van der Waals surface area contributed by atoms with E-state index in [4.69, 9.17) is 9.47 Å². The van der Waals surface area contributed by atoms with Crippen molar-refractivity contribution in [3.63, 3.8) is 0 Å². The molecular weight excluding hydrogens is 222 g/mol. The molecule has 5 nitrogen and oxygen atoms in total. The van der Waals surface area contributed by atoms with Gasteiger partial charge in [0.15, 0.2) is 0 Å². The SMILES string of the molecule is CNC(=O)C(C)OC1CCC(C(=O)OC)CC1. The zero-order chi connectivity index (χ0) is 12.8. The van der Waals surface area contributed by atoms with Crippen molar-refractivity contribution in [3.05, 3.63) is 0 Å². The van der Waals surface area contributed by atoms with Crippen molar-refractivity contribution >= 4 is 11.9 Å². The Labute approximate surface area is 102 Å². The van der Waals surface area contributed by atoms with Gasteiger partial charge in [-0.05, 0) is 32.6 Å².